The third kappa shape index (κ3) is 5.28. The number of carbonyl (C=O) groups is 1. The van der Waals surface area contributed by atoms with Crippen molar-refractivity contribution >= 4 is 42.1 Å². The van der Waals surface area contributed by atoms with Crippen LogP contribution in [-0.2, 0) is 6.54 Å². The zero-order valence-corrected chi connectivity index (χ0v) is 13.6. The van der Waals surface area contributed by atoms with Crippen LogP contribution in [0, 0.1) is 5.92 Å². The molecule has 0 aromatic carbocycles. The average molecular weight is 326 g/mol. The fraction of sp³-hybridized carbons (Fsp3) is 0.583. The zero-order valence-electron chi connectivity index (χ0n) is 11.1. The summed E-state index contributed by atoms with van der Waals surface area (Å²) in [6.45, 7) is 3.65. The number of nitrogens with one attached hydrogen (secondary N) is 2. The maximum absolute atomic E-state index is 12.0. The predicted molar refractivity (Wildman–Crippen MR) is 84.9 cm³/mol. The number of hydrogen-bond donors (Lipinski definition) is 2. The van der Waals surface area contributed by atoms with Crippen LogP contribution in [0.5, 0.6) is 0 Å². The van der Waals surface area contributed by atoms with Gasteiger partial charge >= 0.3 is 0 Å². The first-order valence-electron chi connectivity index (χ1n) is 5.87. The van der Waals surface area contributed by atoms with E-state index in [2.05, 4.69) is 15.5 Å². The third-order valence-corrected chi connectivity index (χ3v) is 3.81. The van der Waals surface area contributed by atoms with E-state index in [1.807, 2.05) is 25.5 Å². The average Bonchev–Trinajstić information content (AvgIpc) is 2.62. The van der Waals surface area contributed by atoms with Crippen LogP contribution in [0.25, 0.3) is 0 Å². The number of amides is 1. The van der Waals surface area contributed by atoms with Gasteiger partial charge in [0.25, 0.3) is 5.91 Å². The summed E-state index contributed by atoms with van der Waals surface area (Å²) in [5.74, 6) is 0.681. The van der Waals surface area contributed by atoms with Crippen LogP contribution in [0.3, 0.4) is 0 Å². The van der Waals surface area contributed by atoms with Crippen molar-refractivity contribution in [3.63, 3.8) is 0 Å². The van der Waals surface area contributed by atoms with Gasteiger partial charge in [0, 0.05) is 32.1 Å². The predicted octanol–water partition coefficient (Wildman–Crippen LogP) is 1.60. The lowest BCUT2D eigenvalue weighted by Crippen LogP contribution is -2.48. The first-order valence-corrected chi connectivity index (χ1v) is 6.75. The van der Waals surface area contributed by atoms with Gasteiger partial charge in [-0.15, -0.1) is 36.2 Å². The van der Waals surface area contributed by atoms with Gasteiger partial charge < -0.3 is 15.5 Å². The molecule has 110 valence electrons. The molecule has 1 saturated heterocycles. The largest absolute Gasteiger partial charge is 0.351 e. The van der Waals surface area contributed by atoms with Gasteiger partial charge in [-0.05, 0) is 31.1 Å². The molecule has 0 unspecified atom stereocenters. The van der Waals surface area contributed by atoms with Crippen molar-refractivity contribution in [2.75, 3.05) is 33.7 Å². The van der Waals surface area contributed by atoms with Crippen LogP contribution in [0.2, 0.25) is 0 Å². The summed E-state index contributed by atoms with van der Waals surface area (Å²) >= 11 is 1.52. The monoisotopic (exact) mass is 325 g/mol. The Labute approximate surface area is 130 Å². The van der Waals surface area contributed by atoms with E-state index in [0.717, 1.165) is 36.6 Å². The second kappa shape index (κ2) is 8.76. The summed E-state index contributed by atoms with van der Waals surface area (Å²) in [6.07, 6.45) is 0. The smallest absolute Gasteiger partial charge is 0.261 e. The first kappa shape index (κ1) is 18.7. The van der Waals surface area contributed by atoms with Crippen LogP contribution >= 0.6 is 36.2 Å². The van der Waals surface area contributed by atoms with Gasteiger partial charge in [-0.2, -0.15) is 0 Å². The molecule has 0 radical (unpaired) electrons. The van der Waals surface area contributed by atoms with Crippen molar-refractivity contribution in [1.29, 1.82) is 0 Å². The van der Waals surface area contributed by atoms with Crippen LogP contribution in [0.1, 0.15) is 15.2 Å². The molecule has 0 atom stereocenters. The van der Waals surface area contributed by atoms with E-state index in [4.69, 9.17) is 0 Å². The Morgan fingerprint density at radius 3 is 2.68 bits per heavy atom. The molecule has 1 aromatic rings. The van der Waals surface area contributed by atoms with Crippen molar-refractivity contribution in [3.05, 3.63) is 21.9 Å². The fourth-order valence-corrected chi connectivity index (χ4v) is 2.64. The molecule has 1 aliphatic rings. The number of halogens is 2. The molecule has 0 saturated carbocycles. The minimum absolute atomic E-state index is 0. The third-order valence-electron chi connectivity index (χ3n) is 2.86. The van der Waals surface area contributed by atoms with E-state index in [-0.39, 0.29) is 30.7 Å². The van der Waals surface area contributed by atoms with Crippen molar-refractivity contribution < 1.29 is 4.79 Å². The van der Waals surface area contributed by atoms with Crippen molar-refractivity contribution in [1.82, 2.24) is 15.5 Å². The topological polar surface area (TPSA) is 44.4 Å². The highest BCUT2D eigenvalue weighted by molar-refractivity contribution is 7.12. The summed E-state index contributed by atoms with van der Waals surface area (Å²) in [7, 11) is 4.03. The zero-order chi connectivity index (χ0) is 12.3. The maximum atomic E-state index is 12.0. The minimum Gasteiger partial charge on any atom is -0.351 e. The Morgan fingerprint density at radius 2 is 2.16 bits per heavy atom. The molecule has 2 heterocycles. The maximum Gasteiger partial charge on any atom is 0.261 e. The first-order chi connectivity index (χ1) is 8.16. The Kier molecular flexibility index (Phi) is 8.61. The Hall–Kier alpha value is -0.330. The Bertz CT molecular complexity index is 394. The van der Waals surface area contributed by atoms with Gasteiger partial charge in [-0.1, -0.05) is 0 Å². The van der Waals surface area contributed by atoms with E-state index in [1.165, 1.54) is 11.3 Å². The molecule has 1 aromatic heterocycles. The minimum atomic E-state index is 0. The Morgan fingerprint density at radius 1 is 1.47 bits per heavy atom. The molecule has 0 spiro atoms. The summed E-state index contributed by atoms with van der Waals surface area (Å²) in [5.41, 5.74) is 1.12. The van der Waals surface area contributed by atoms with Gasteiger partial charge in [0.05, 0.1) is 4.88 Å². The number of rotatable bonds is 5. The Balaban J connectivity index is 0.00000162. The van der Waals surface area contributed by atoms with Gasteiger partial charge in [0.15, 0.2) is 0 Å². The molecular weight excluding hydrogens is 305 g/mol. The number of thiophene rings is 1. The van der Waals surface area contributed by atoms with Crippen LogP contribution in [-0.4, -0.2) is 44.5 Å². The molecule has 0 bridgehead atoms. The summed E-state index contributed by atoms with van der Waals surface area (Å²) in [4.78, 5) is 14.9. The standard InChI is InChI=1S/C12H19N3OS.2ClH/c1-15(2)8-10-3-4-17-11(10)12(16)14-7-9-5-13-6-9;;/h3-4,9,13H,5-8H2,1-2H3,(H,14,16);2*1H. The highest BCUT2D eigenvalue weighted by atomic mass is 35.5. The lowest BCUT2D eigenvalue weighted by Gasteiger charge is -2.27. The van der Waals surface area contributed by atoms with E-state index >= 15 is 0 Å². The molecule has 2 rings (SSSR count). The van der Waals surface area contributed by atoms with Crippen LogP contribution in [0.15, 0.2) is 11.4 Å². The summed E-state index contributed by atoms with van der Waals surface area (Å²) in [5, 5.41) is 8.20. The van der Waals surface area contributed by atoms with Gasteiger partial charge in [0.1, 0.15) is 0 Å². The normalized spacial score (nSPS) is 14.3. The van der Waals surface area contributed by atoms with Gasteiger partial charge in [-0.3, -0.25) is 4.79 Å². The van der Waals surface area contributed by atoms with Gasteiger partial charge in [-0.25, -0.2) is 0 Å². The van der Waals surface area contributed by atoms with Crippen LogP contribution < -0.4 is 10.6 Å². The molecule has 4 nitrogen and oxygen atoms in total. The molecule has 1 amide bonds. The second-order valence-electron chi connectivity index (χ2n) is 4.75. The van der Waals surface area contributed by atoms with E-state index < -0.39 is 0 Å². The highest BCUT2D eigenvalue weighted by Crippen LogP contribution is 2.18. The number of nitrogens with zero attached hydrogens (tertiary/aromatic N) is 1. The highest BCUT2D eigenvalue weighted by Gasteiger charge is 2.19. The van der Waals surface area contributed by atoms with Crippen molar-refractivity contribution in [2.24, 2.45) is 5.92 Å². The molecular formula is C12H21Cl2N3OS. The van der Waals surface area contributed by atoms with E-state index in [0.29, 0.717) is 5.92 Å². The van der Waals surface area contributed by atoms with Crippen LogP contribution in [0.4, 0.5) is 0 Å². The quantitative estimate of drug-likeness (QED) is 0.864. The SMILES string of the molecule is CN(C)Cc1ccsc1C(=O)NCC1CNC1.Cl.Cl. The van der Waals surface area contributed by atoms with Crippen molar-refractivity contribution in [3.8, 4) is 0 Å². The molecule has 7 heteroatoms. The van der Waals surface area contributed by atoms with Gasteiger partial charge in [0.2, 0.25) is 0 Å². The molecule has 1 fully saturated rings. The lowest BCUT2D eigenvalue weighted by molar-refractivity contribution is 0.0945. The summed E-state index contributed by atoms with van der Waals surface area (Å²) in [6, 6.07) is 2.03. The lowest BCUT2D eigenvalue weighted by atomic mass is 10.0. The molecule has 19 heavy (non-hydrogen) atoms. The number of carbonyl (C=O) groups excluding carboxylic acids is 1. The van der Waals surface area contributed by atoms with Crippen molar-refractivity contribution in [2.45, 2.75) is 6.54 Å². The summed E-state index contributed by atoms with van der Waals surface area (Å²) < 4.78 is 0. The van der Waals surface area contributed by atoms with E-state index in [1.54, 1.807) is 0 Å². The molecule has 0 aliphatic carbocycles. The molecule has 1 aliphatic heterocycles. The molecule has 2 N–H and O–H groups in total. The number of hydrogen-bond acceptors (Lipinski definition) is 4. The van der Waals surface area contributed by atoms with E-state index in [9.17, 15) is 4.79 Å². The second-order valence-corrected chi connectivity index (χ2v) is 5.66. The fourth-order valence-electron chi connectivity index (χ4n) is 1.81.